The lowest BCUT2D eigenvalue weighted by Crippen LogP contribution is -2.41. The number of hydrogen-bond acceptors (Lipinski definition) is 19. The molecule has 8 aromatic rings. The summed E-state index contributed by atoms with van der Waals surface area (Å²) < 4.78 is 223. The van der Waals surface area contributed by atoms with Crippen molar-refractivity contribution < 1.29 is 113 Å². The second kappa shape index (κ2) is 35.4. The highest BCUT2D eigenvalue weighted by molar-refractivity contribution is 9.10. The van der Waals surface area contributed by atoms with Crippen molar-refractivity contribution in [3.05, 3.63) is 196 Å². The standard InChI is InChI=1S/C21H15Cl2F3N2O5S.C15H12ClF3N2O4S.C12H14BClF3NO2.C9H10BrNO4S.C6H4Cl2O/c1-32-18-6-11(19(29)28-34(2,30)31)3-4-16(18)12-5-17(21(24,25)26)20(27-10-12)33-15-8-13(22)7-14(23)9-15;1-25-12-6-8(14(22)21-26(2,23)24)3-4-10(12)9-5-11(15(17,18)19)13(16)20-7-9;1-10(2)11(3,4)20-13(19-10)7-5-8(12(15,16)17)9(14)18-6-7;1-15-8-5-6(3-4-7(8)10)9(12)11-16(2,13)14;7-4-1-5(8)3-6(9)2-4/h3-10H,1-2H3,(H,28,29);3-7H,1-2H3,(H,21,22);5-6H,1-4H3;3-5H,1-2H3,(H,11,12);1-3,9H. The molecule has 0 saturated carbocycles. The van der Waals surface area contributed by atoms with Gasteiger partial charge in [-0.25, -0.2) is 54.4 Å². The largest absolute Gasteiger partial charge is 0.508 e. The number of pyridine rings is 3. The van der Waals surface area contributed by atoms with Crippen LogP contribution in [-0.2, 0) is 57.9 Å². The average Bonchev–Trinajstić information content (AvgIpc) is 1.62. The summed E-state index contributed by atoms with van der Waals surface area (Å²) in [4.78, 5) is 46.4. The molecule has 0 radical (unpaired) electrons. The number of nitrogens with one attached hydrogen (secondary N) is 3. The van der Waals surface area contributed by atoms with Crippen LogP contribution in [0.1, 0.15) is 75.5 Å². The lowest BCUT2D eigenvalue weighted by molar-refractivity contribution is -0.139. The van der Waals surface area contributed by atoms with Crippen molar-refractivity contribution in [3.63, 3.8) is 0 Å². The molecule has 3 amide bonds. The minimum atomic E-state index is -4.83. The minimum absolute atomic E-state index is 0.00993. The van der Waals surface area contributed by atoms with E-state index in [0.717, 1.165) is 49.4 Å². The predicted molar refractivity (Wildman–Crippen MR) is 380 cm³/mol. The van der Waals surface area contributed by atoms with Gasteiger partial charge in [-0.3, -0.25) is 14.4 Å². The van der Waals surface area contributed by atoms with E-state index < -0.39 is 118 Å². The number of carbonyl (C=O) groups is 3. The van der Waals surface area contributed by atoms with Gasteiger partial charge in [-0.15, -0.1) is 0 Å². The summed E-state index contributed by atoms with van der Waals surface area (Å²) in [6, 6.07) is 23.0. The molecule has 22 nitrogen and oxygen atoms in total. The van der Waals surface area contributed by atoms with E-state index in [9.17, 15) is 79.2 Å². The van der Waals surface area contributed by atoms with Crippen LogP contribution < -0.4 is 38.6 Å². The van der Waals surface area contributed by atoms with Gasteiger partial charge in [-0.05, 0) is 153 Å². The van der Waals surface area contributed by atoms with E-state index in [1.165, 1.54) is 106 Å². The number of sulfonamides is 3. The highest BCUT2D eigenvalue weighted by atomic mass is 79.9. The van der Waals surface area contributed by atoms with Crippen molar-refractivity contribution in [2.75, 3.05) is 40.1 Å². The number of amides is 3. The summed E-state index contributed by atoms with van der Waals surface area (Å²) in [5, 5.41) is 8.77. The molecule has 0 aliphatic carbocycles. The Balaban J connectivity index is 0.000000249. The molecule has 105 heavy (non-hydrogen) atoms. The molecule has 1 fully saturated rings. The molecule has 0 bridgehead atoms. The SMILES string of the molecule is CC1(C)OB(c2cnc(Cl)c(C(F)(F)F)c2)OC1(C)C.COc1cc(C(=O)NS(C)(=O)=O)ccc1-c1cnc(Cl)c(C(F)(F)F)c1.COc1cc(C(=O)NS(C)(=O)=O)ccc1-c1cnc(Oc2cc(Cl)cc(Cl)c2)c(C(F)(F)F)c1.COc1cc(C(=O)NS(C)(=O)=O)ccc1Br.Oc1cc(Cl)cc(Cl)c1. The lowest BCUT2D eigenvalue weighted by Gasteiger charge is -2.32. The molecule has 0 atom stereocenters. The summed E-state index contributed by atoms with van der Waals surface area (Å²) >= 11 is 37.0. The maximum absolute atomic E-state index is 13.8. The second-order valence-corrected chi connectivity index (χ2v) is 31.0. The number of aromatic hydroxyl groups is 1. The fourth-order valence-corrected chi connectivity index (χ4v) is 11.5. The quantitative estimate of drug-likeness (QED) is 0.0447. The first-order chi connectivity index (χ1) is 48.1. The number of ether oxygens (including phenoxy) is 4. The van der Waals surface area contributed by atoms with E-state index in [1.54, 1.807) is 21.6 Å². The molecule has 4 N–H and O–H groups in total. The second-order valence-electron chi connectivity index (χ2n) is 22.5. The number of aromatic nitrogens is 3. The third-order valence-corrected chi connectivity index (χ3v) is 17.5. The third-order valence-electron chi connectivity index (χ3n) is 13.7. The first-order valence-corrected chi connectivity index (χ1v) is 37.3. The van der Waals surface area contributed by atoms with E-state index in [4.69, 9.17) is 103 Å². The van der Waals surface area contributed by atoms with E-state index in [1.807, 2.05) is 32.4 Å². The van der Waals surface area contributed by atoms with Crippen molar-refractivity contribution in [2.45, 2.75) is 57.4 Å². The average molecular weight is 1720 g/mol. The Kier molecular flexibility index (Phi) is 29.7. The highest BCUT2D eigenvalue weighted by Crippen LogP contribution is 2.44. The molecule has 1 aliphatic rings. The Morgan fingerprint density at radius 1 is 0.486 bits per heavy atom. The van der Waals surface area contributed by atoms with Crippen molar-refractivity contribution in [1.29, 1.82) is 0 Å². The number of halogens is 16. The van der Waals surface area contributed by atoms with E-state index in [0.29, 0.717) is 20.3 Å². The zero-order valence-electron chi connectivity index (χ0n) is 55.4. The first-order valence-electron chi connectivity index (χ1n) is 28.6. The summed E-state index contributed by atoms with van der Waals surface area (Å²) in [7, 11) is -8.08. The summed E-state index contributed by atoms with van der Waals surface area (Å²) in [5.41, 5.74) is -3.79. The fourth-order valence-electron chi connectivity index (χ4n) is 8.31. The summed E-state index contributed by atoms with van der Waals surface area (Å²) in [6.07, 6.45) is -8.05. The third kappa shape index (κ3) is 26.4. The smallest absolute Gasteiger partial charge is 0.496 e. The van der Waals surface area contributed by atoms with Gasteiger partial charge in [-0.1, -0.05) is 69.6 Å². The maximum atomic E-state index is 13.8. The van der Waals surface area contributed by atoms with Crippen molar-refractivity contribution >= 4 is 146 Å². The molecule has 42 heteroatoms. The van der Waals surface area contributed by atoms with Crippen LogP contribution in [0.5, 0.6) is 34.6 Å². The number of rotatable bonds is 14. The van der Waals surface area contributed by atoms with Gasteiger partial charge in [0.2, 0.25) is 35.9 Å². The Morgan fingerprint density at radius 2 is 0.829 bits per heavy atom. The van der Waals surface area contributed by atoms with Gasteiger partial charge in [0.1, 0.15) is 44.6 Å². The van der Waals surface area contributed by atoms with Crippen LogP contribution >= 0.6 is 85.5 Å². The molecular weight excluding hydrogens is 1670 g/mol. The van der Waals surface area contributed by atoms with Crippen molar-refractivity contribution in [3.8, 4) is 56.9 Å². The van der Waals surface area contributed by atoms with Gasteiger partial charge < -0.3 is 33.4 Å². The van der Waals surface area contributed by atoms with Crippen LogP contribution in [0.3, 0.4) is 0 Å². The topological polar surface area (TPSA) is 304 Å². The number of alkyl halides is 9. The molecule has 1 saturated heterocycles. The number of carbonyl (C=O) groups excluding carboxylic acids is 3. The predicted octanol–water partition coefficient (Wildman–Crippen LogP) is 15.6. The van der Waals surface area contributed by atoms with Crippen LogP contribution in [-0.4, -0.2) is 121 Å². The lowest BCUT2D eigenvalue weighted by atomic mass is 9.80. The molecule has 0 spiro atoms. The van der Waals surface area contributed by atoms with Gasteiger partial charge in [0.25, 0.3) is 17.7 Å². The maximum Gasteiger partial charge on any atom is 0.496 e. The molecular formula is C63H55BBrCl6F9N6O16S3. The molecule has 566 valence electrons. The van der Waals surface area contributed by atoms with Crippen molar-refractivity contribution in [1.82, 2.24) is 29.1 Å². The van der Waals surface area contributed by atoms with Crippen LogP contribution in [0.25, 0.3) is 22.3 Å². The molecule has 9 rings (SSSR count). The van der Waals surface area contributed by atoms with E-state index >= 15 is 0 Å². The normalized spacial score (nSPS) is 13.3. The number of phenols is 1. The molecule has 3 aromatic heterocycles. The number of methoxy groups -OCH3 is 3. The zero-order valence-corrected chi connectivity index (χ0v) is 64.0. The molecule has 4 heterocycles. The van der Waals surface area contributed by atoms with Crippen molar-refractivity contribution in [2.24, 2.45) is 0 Å². The highest BCUT2D eigenvalue weighted by Gasteiger charge is 2.52. The number of hydrogen-bond donors (Lipinski definition) is 4. The Morgan fingerprint density at radius 3 is 1.20 bits per heavy atom. The van der Waals surface area contributed by atoms with E-state index in [-0.39, 0.29) is 77.5 Å². The molecule has 5 aromatic carbocycles. The number of nitrogens with zero attached hydrogens (tertiary/aromatic N) is 3. The van der Waals surface area contributed by atoms with Crippen LogP contribution in [0.15, 0.2) is 132 Å². The Labute approximate surface area is 633 Å². The van der Waals surface area contributed by atoms with Gasteiger partial charge in [-0.2, -0.15) is 39.5 Å². The van der Waals surface area contributed by atoms with E-state index in [2.05, 4.69) is 30.9 Å². The van der Waals surface area contributed by atoms with Crippen LogP contribution in [0.2, 0.25) is 30.4 Å². The van der Waals surface area contributed by atoms with Gasteiger partial charge in [0.15, 0.2) is 0 Å². The van der Waals surface area contributed by atoms with Crippen LogP contribution in [0, 0.1) is 0 Å². The number of benzene rings is 5. The summed E-state index contributed by atoms with van der Waals surface area (Å²) in [6.45, 7) is 7.28. The number of phenolic OH excluding ortho intramolecular Hbond substituents is 1. The first kappa shape index (κ1) is 88.0. The monoisotopic (exact) mass is 1720 g/mol. The van der Waals surface area contributed by atoms with Gasteiger partial charge in [0.05, 0.1) is 66.9 Å². The van der Waals surface area contributed by atoms with Gasteiger partial charge >= 0.3 is 25.6 Å². The zero-order chi connectivity index (χ0) is 79.5. The minimum Gasteiger partial charge on any atom is -0.508 e. The van der Waals surface area contributed by atoms with Gasteiger partial charge in [0, 0.05) is 83.1 Å². The Hall–Kier alpha value is -7.62. The molecule has 1 aliphatic heterocycles. The molecule has 0 unspecified atom stereocenters. The summed E-state index contributed by atoms with van der Waals surface area (Å²) in [5.74, 6) is -2.65. The van der Waals surface area contributed by atoms with Crippen LogP contribution in [0.4, 0.5) is 39.5 Å². The fraction of sp³-hybridized carbons (Fsp3) is 0.238. The Bertz CT molecular complexity index is 4840.